The number of hydrogen-bond donors (Lipinski definition) is 0. The van der Waals surface area contributed by atoms with Crippen molar-refractivity contribution < 1.29 is 58.1 Å². The van der Waals surface area contributed by atoms with Crippen LogP contribution in [0.15, 0.2) is 23.5 Å². The molecule has 0 unspecified atom stereocenters. The summed E-state index contributed by atoms with van der Waals surface area (Å²) in [4.78, 5) is 24.7. The summed E-state index contributed by atoms with van der Waals surface area (Å²) in [6, 6.07) is 0. The molecule has 13 heteroatoms. The van der Waals surface area contributed by atoms with Crippen molar-refractivity contribution >= 4 is 27.4 Å². The first-order chi connectivity index (χ1) is 23.3. The third-order valence-corrected chi connectivity index (χ3v) is 13.3. The molecule has 10 nitrogen and oxygen atoms in total. The van der Waals surface area contributed by atoms with Crippen LogP contribution in [0.5, 0.6) is 0 Å². The molecule has 1 radical (unpaired) electrons. The monoisotopic (exact) mass is 847 g/mol. The van der Waals surface area contributed by atoms with E-state index in [9.17, 15) is 9.59 Å². The molecule has 301 valence electrons. The molecule has 2 aliphatic heterocycles. The third-order valence-electron chi connectivity index (χ3n) is 8.51. The second kappa shape index (κ2) is 27.3. The number of ketones is 2. The second-order valence-electron chi connectivity index (χ2n) is 15.1. The van der Waals surface area contributed by atoms with E-state index in [1.165, 1.54) is 50.3 Å². The normalized spacial score (nSPS) is 19.8. The molecule has 2 heterocycles. The molecule has 0 atom stereocenters. The van der Waals surface area contributed by atoms with Crippen LogP contribution in [0, 0.1) is 0 Å². The predicted octanol–water partition coefficient (Wildman–Crippen LogP) is 7.62. The van der Waals surface area contributed by atoms with Crippen molar-refractivity contribution in [3.05, 3.63) is 34.2 Å². The van der Waals surface area contributed by atoms with Crippen LogP contribution in [-0.2, 0) is 58.1 Å². The molecule has 0 aliphatic carbocycles. The molecular weight excluding hydrogens is 773 g/mol. The standard InChI is InChI=1S/C20H32N2O4.2C9H21O2P.Tc/c1-17(2)13(15(23)19(5,6)25-17)11-21-9-10-22-12-14-16(24)20(7,8)26-18(14,3)4;2*1-10-6-4-8-12(3)9-5-7-11-2;/h11-12H,9-10H2,1-8H3,(H2,21,22,23,24);2*4-9H2,1-3H3;/i;;;1+1. The van der Waals surface area contributed by atoms with Gasteiger partial charge in [-0.25, -0.2) is 0 Å². The number of nitrogens with zero attached hydrogens (tertiary/aromatic N) is 2. The fraction of sp³-hybridized carbons (Fsp3) is 0.842. The molecular formula is C38H74N2O8P2Tc. The summed E-state index contributed by atoms with van der Waals surface area (Å²) in [7, 11) is 6.89. The van der Waals surface area contributed by atoms with E-state index in [-0.39, 0.29) is 47.5 Å². The molecule has 2 aliphatic rings. The van der Waals surface area contributed by atoms with Gasteiger partial charge in [-0.2, -0.15) is 12.4 Å². The van der Waals surface area contributed by atoms with E-state index >= 15 is 0 Å². The van der Waals surface area contributed by atoms with Gasteiger partial charge in [0.2, 0.25) is 0 Å². The molecule has 2 rings (SSSR count). The van der Waals surface area contributed by atoms with Gasteiger partial charge in [-0.05, 0) is 71.2 Å². The maximum absolute atomic E-state index is 12.4. The number of Topliss-reactive ketones (excluding diaryl/α,β-unsaturated/α-hetero) is 2. The van der Waals surface area contributed by atoms with Gasteiger partial charge in [0, 0.05) is 125 Å². The molecule has 0 bridgehead atoms. The Balaban J connectivity index is 0. The molecule has 0 aromatic heterocycles. The molecule has 0 saturated carbocycles. The van der Waals surface area contributed by atoms with Gasteiger partial charge in [0.1, 0.15) is 11.2 Å². The molecule has 0 spiro atoms. The van der Waals surface area contributed by atoms with E-state index in [0.29, 0.717) is 24.2 Å². The Labute approximate surface area is 327 Å². The number of hydrogen-bond acceptors (Lipinski definition) is 8. The van der Waals surface area contributed by atoms with Crippen molar-refractivity contribution in [1.29, 1.82) is 0 Å². The van der Waals surface area contributed by atoms with Crippen molar-refractivity contribution in [2.45, 2.75) is 103 Å². The van der Waals surface area contributed by atoms with Gasteiger partial charge >= 0.3 is 0 Å². The number of methoxy groups -OCH3 is 4. The Hall–Kier alpha value is -0.311. The van der Waals surface area contributed by atoms with Crippen LogP contribution in [0.2, 0.25) is 0 Å². The van der Waals surface area contributed by atoms with Gasteiger partial charge in [0.05, 0.1) is 35.8 Å². The van der Waals surface area contributed by atoms with Crippen LogP contribution in [0.4, 0.5) is 0 Å². The van der Waals surface area contributed by atoms with Crippen LogP contribution in [0.1, 0.15) is 81.1 Å². The average molecular weight is 848 g/mol. The Morgan fingerprint density at radius 3 is 0.980 bits per heavy atom. The van der Waals surface area contributed by atoms with Gasteiger partial charge in [-0.3, -0.25) is 9.59 Å². The molecule has 0 aromatic carbocycles. The summed E-state index contributed by atoms with van der Waals surface area (Å²) < 4.78 is 31.6. The summed E-state index contributed by atoms with van der Waals surface area (Å²) in [5, 5.41) is 8.62. The maximum atomic E-state index is 12.4. The van der Waals surface area contributed by atoms with E-state index in [4.69, 9.17) is 28.4 Å². The first-order valence-corrected chi connectivity index (χ1v) is 23.0. The number of carbonyl (C=O) groups excluding carboxylic acids is 2. The van der Waals surface area contributed by atoms with Gasteiger partial charge in [-0.1, -0.05) is 0 Å². The molecule has 51 heavy (non-hydrogen) atoms. The molecule has 2 fully saturated rings. The molecule has 2 saturated heterocycles. The fourth-order valence-electron chi connectivity index (χ4n) is 5.85. The van der Waals surface area contributed by atoms with Crippen molar-refractivity contribution in [2.24, 2.45) is 0 Å². The minimum absolute atomic E-state index is 0. The third kappa shape index (κ3) is 21.4. The van der Waals surface area contributed by atoms with Crippen LogP contribution in [-0.4, -0.2) is 140 Å². The Bertz CT molecular complexity index is 937. The zero-order valence-electron chi connectivity index (χ0n) is 34.6. The Morgan fingerprint density at radius 2 is 0.784 bits per heavy atom. The summed E-state index contributed by atoms with van der Waals surface area (Å²) in [6.07, 6.45) is 13.6. The average Bonchev–Trinajstić information content (AvgIpc) is 3.28. The van der Waals surface area contributed by atoms with E-state index in [1.807, 2.05) is 27.7 Å². The Kier molecular flexibility index (Phi) is 28.3. The maximum Gasteiger partial charge on any atom is 0.191 e. The summed E-state index contributed by atoms with van der Waals surface area (Å²) >= 11 is 0. The summed E-state index contributed by atoms with van der Waals surface area (Å²) in [5.74, 6) is -0.0778. The summed E-state index contributed by atoms with van der Waals surface area (Å²) in [5.41, 5.74) is -1.79. The minimum atomic E-state index is -0.819. The topological polar surface area (TPSA) is 118 Å². The van der Waals surface area contributed by atoms with E-state index in [1.54, 1.807) is 68.5 Å². The molecule has 0 N–H and O–H groups in total. The quantitative estimate of drug-likeness (QED) is 0.0659. The van der Waals surface area contributed by atoms with Crippen molar-refractivity contribution in [2.75, 3.05) is 106 Å². The van der Waals surface area contributed by atoms with Crippen LogP contribution >= 0.6 is 15.8 Å². The SMILES string of the molecule is CC1(C)OC(C)(C)/C(=C/[N-]CC[N-]/C=C2\C(=O)C(C)(C)OC2(C)C)C1=O.COCCC[PH+](C)CCCOC.COCCC[PH+](C)CCCOC.[99Tc]. The second-order valence-corrected chi connectivity index (χ2v) is 20.9. The van der Waals surface area contributed by atoms with Gasteiger partial charge in [-0.15, -0.1) is 13.1 Å². The van der Waals surface area contributed by atoms with Crippen molar-refractivity contribution in [3.63, 3.8) is 0 Å². The number of carbonyl (C=O) groups is 2. The van der Waals surface area contributed by atoms with Crippen molar-refractivity contribution in [3.8, 4) is 0 Å². The van der Waals surface area contributed by atoms with Crippen LogP contribution in [0.3, 0.4) is 0 Å². The largest absolute Gasteiger partial charge is 0.691 e. The minimum Gasteiger partial charge on any atom is -0.691 e. The van der Waals surface area contributed by atoms with Gasteiger partial charge < -0.3 is 39.1 Å². The smallest absolute Gasteiger partial charge is 0.191 e. The molecule has 0 amide bonds. The zero-order chi connectivity index (χ0) is 38.4. The first-order valence-electron chi connectivity index (χ1n) is 18.2. The Morgan fingerprint density at radius 1 is 0.529 bits per heavy atom. The van der Waals surface area contributed by atoms with Gasteiger partial charge in [0.15, 0.2) is 11.6 Å². The summed E-state index contributed by atoms with van der Waals surface area (Å²) in [6.45, 7) is 23.9. The first kappa shape index (κ1) is 52.8. The van der Waals surface area contributed by atoms with Crippen LogP contribution in [0.25, 0.3) is 10.6 Å². The van der Waals surface area contributed by atoms with Crippen molar-refractivity contribution in [1.82, 2.24) is 0 Å². The predicted molar refractivity (Wildman–Crippen MR) is 215 cm³/mol. The van der Waals surface area contributed by atoms with Gasteiger partial charge in [0.25, 0.3) is 0 Å². The van der Waals surface area contributed by atoms with Crippen LogP contribution < -0.4 is 0 Å². The number of ether oxygens (including phenoxy) is 6. The molecule has 0 aromatic rings. The number of rotatable bonds is 21. The fourth-order valence-corrected chi connectivity index (χ4v) is 9.34. The zero-order valence-corrected chi connectivity index (χ0v) is 38.5. The van der Waals surface area contributed by atoms with E-state index in [2.05, 4.69) is 24.0 Å². The van der Waals surface area contributed by atoms with E-state index in [0.717, 1.165) is 26.4 Å². The van der Waals surface area contributed by atoms with E-state index < -0.39 is 22.4 Å².